The minimum absolute atomic E-state index is 0. The standard InChI is InChI=1S/C27H26BF3N5O2.K/c1-18-25(33-34-32)14-19(16-28(29,30)31)15-26(18)35-10-12-36(13-11-35)27(37)38-17-24-22-8-4-2-6-20(22)21-7-3-5-9-23(21)24;/h2-9,14-15,24H,10-13,16-17H2,1H3;/q-1;+1. The van der Waals surface area contributed by atoms with E-state index in [4.69, 9.17) is 10.3 Å². The molecule has 1 heterocycles. The van der Waals surface area contributed by atoms with E-state index in [1.54, 1.807) is 11.8 Å². The molecule has 0 radical (unpaired) electrons. The second-order valence-corrected chi connectivity index (χ2v) is 9.64. The molecule has 0 unspecified atom stereocenters. The SMILES string of the molecule is Cc1c(N=[N+]=[N-])cc(C[B-](F)(F)F)cc1N1CCN(C(=O)OCC2c3ccccc3-c3ccccc32)CC1.[K+]. The number of halogens is 3. The van der Waals surface area contributed by atoms with Crippen molar-refractivity contribution in [2.45, 2.75) is 19.2 Å². The molecule has 5 rings (SSSR count). The van der Waals surface area contributed by atoms with Gasteiger partial charge >= 0.3 is 64.5 Å². The quantitative estimate of drug-likeness (QED) is 0.199. The second kappa shape index (κ2) is 12.4. The molecular formula is C27H26BF3KN5O2. The van der Waals surface area contributed by atoms with Crippen LogP contribution in [0.5, 0.6) is 0 Å². The number of azide groups is 1. The van der Waals surface area contributed by atoms with Gasteiger partial charge in [0, 0.05) is 48.4 Å². The van der Waals surface area contributed by atoms with Gasteiger partial charge in [-0.1, -0.05) is 71.6 Å². The molecule has 0 bridgehead atoms. The van der Waals surface area contributed by atoms with Crippen LogP contribution in [-0.4, -0.2) is 50.8 Å². The van der Waals surface area contributed by atoms with Crippen LogP contribution in [0.3, 0.4) is 0 Å². The first-order valence-electron chi connectivity index (χ1n) is 12.5. The summed E-state index contributed by atoms with van der Waals surface area (Å²) in [5.41, 5.74) is 14.9. The van der Waals surface area contributed by atoms with E-state index in [2.05, 4.69) is 34.3 Å². The molecule has 7 nitrogen and oxygen atoms in total. The molecule has 1 fully saturated rings. The molecule has 0 spiro atoms. The first-order chi connectivity index (χ1) is 18.2. The van der Waals surface area contributed by atoms with Crippen LogP contribution in [-0.2, 0) is 11.1 Å². The Morgan fingerprint density at radius 1 is 1.03 bits per heavy atom. The smallest absolute Gasteiger partial charge is 0.449 e. The zero-order chi connectivity index (χ0) is 26.9. The number of benzene rings is 3. The van der Waals surface area contributed by atoms with Crippen molar-refractivity contribution < 1.29 is 73.9 Å². The number of carbonyl (C=O) groups excluding carboxylic acids is 1. The Hall–Kier alpha value is -2.47. The van der Waals surface area contributed by atoms with Crippen LogP contribution in [0.1, 0.15) is 28.2 Å². The maximum absolute atomic E-state index is 13.1. The van der Waals surface area contributed by atoms with Gasteiger partial charge in [-0.05, 0) is 46.3 Å². The van der Waals surface area contributed by atoms with Crippen molar-refractivity contribution in [2.75, 3.05) is 37.7 Å². The van der Waals surface area contributed by atoms with E-state index in [-0.39, 0.29) is 75.2 Å². The number of piperazine rings is 1. The van der Waals surface area contributed by atoms with Gasteiger partial charge in [-0.2, -0.15) is 0 Å². The minimum atomic E-state index is -5.04. The molecule has 1 saturated heterocycles. The molecule has 3 aromatic carbocycles. The molecule has 1 aliphatic carbocycles. The third-order valence-corrected chi connectivity index (χ3v) is 7.25. The van der Waals surface area contributed by atoms with Gasteiger partial charge in [0.2, 0.25) is 0 Å². The third-order valence-electron chi connectivity index (χ3n) is 7.25. The Labute approximate surface area is 267 Å². The number of hydrogen-bond acceptors (Lipinski definition) is 4. The molecule has 196 valence electrons. The Bertz CT molecular complexity index is 1380. The summed E-state index contributed by atoms with van der Waals surface area (Å²) in [7, 11) is 0. The Balaban J connectivity index is 0.00000353. The minimum Gasteiger partial charge on any atom is -0.449 e. The number of amides is 1. The Morgan fingerprint density at radius 2 is 1.62 bits per heavy atom. The van der Waals surface area contributed by atoms with Gasteiger partial charge in [0.25, 0.3) is 0 Å². The number of nitrogens with zero attached hydrogens (tertiary/aromatic N) is 5. The van der Waals surface area contributed by atoms with Crippen LogP contribution in [0, 0.1) is 6.92 Å². The van der Waals surface area contributed by atoms with Crippen LogP contribution < -0.4 is 56.3 Å². The normalized spacial score (nSPS) is 14.7. The fourth-order valence-electron chi connectivity index (χ4n) is 5.42. The van der Waals surface area contributed by atoms with Crippen molar-refractivity contribution in [3.8, 4) is 11.1 Å². The maximum Gasteiger partial charge on any atom is 1.00 e. The maximum atomic E-state index is 13.1. The van der Waals surface area contributed by atoms with E-state index in [0.29, 0.717) is 37.4 Å². The van der Waals surface area contributed by atoms with Crippen LogP contribution in [0.4, 0.5) is 29.1 Å². The predicted molar refractivity (Wildman–Crippen MR) is 142 cm³/mol. The van der Waals surface area contributed by atoms with E-state index < -0.39 is 19.4 Å². The molecule has 0 saturated carbocycles. The summed E-state index contributed by atoms with van der Waals surface area (Å²) in [4.78, 5) is 19.3. The zero-order valence-electron chi connectivity index (χ0n) is 21.9. The number of hydrogen-bond donors (Lipinski definition) is 0. The van der Waals surface area contributed by atoms with Gasteiger partial charge in [0.15, 0.2) is 0 Å². The molecular weight excluding hydrogens is 533 g/mol. The molecule has 2 aliphatic rings. The molecule has 0 aromatic heterocycles. The van der Waals surface area contributed by atoms with Crippen molar-refractivity contribution in [1.82, 2.24) is 4.90 Å². The zero-order valence-corrected chi connectivity index (χ0v) is 25.0. The summed E-state index contributed by atoms with van der Waals surface area (Å²) in [5.74, 6) is -0.0348. The summed E-state index contributed by atoms with van der Waals surface area (Å²) < 4.78 is 45.1. The fourth-order valence-corrected chi connectivity index (χ4v) is 5.42. The molecule has 0 N–H and O–H groups in total. The number of ether oxygens (including phenoxy) is 1. The van der Waals surface area contributed by atoms with E-state index in [0.717, 1.165) is 22.3 Å². The summed E-state index contributed by atoms with van der Waals surface area (Å²) in [6.07, 6.45) is -1.47. The van der Waals surface area contributed by atoms with Gasteiger partial charge in [0.1, 0.15) is 6.61 Å². The Kier molecular flexibility index (Phi) is 9.36. The summed E-state index contributed by atoms with van der Waals surface area (Å²) in [6.45, 7) is -1.54. The number of carbonyl (C=O) groups is 1. The fraction of sp³-hybridized carbons (Fsp3) is 0.296. The monoisotopic (exact) mass is 559 g/mol. The van der Waals surface area contributed by atoms with E-state index in [1.807, 2.05) is 29.2 Å². The largest absolute Gasteiger partial charge is 1.00 e. The number of rotatable bonds is 6. The van der Waals surface area contributed by atoms with Crippen LogP contribution in [0.15, 0.2) is 65.8 Å². The topological polar surface area (TPSA) is 81.5 Å². The van der Waals surface area contributed by atoms with Crippen LogP contribution >= 0.6 is 0 Å². The van der Waals surface area contributed by atoms with Gasteiger partial charge in [-0.25, -0.2) is 4.79 Å². The molecule has 12 heteroatoms. The van der Waals surface area contributed by atoms with Gasteiger partial charge in [-0.15, -0.1) is 0 Å². The Morgan fingerprint density at radius 3 is 2.18 bits per heavy atom. The summed E-state index contributed by atoms with van der Waals surface area (Å²) in [5, 5.41) is 3.60. The van der Waals surface area contributed by atoms with Crippen molar-refractivity contribution in [3.05, 3.63) is 93.4 Å². The van der Waals surface area contributed by atoms with Crippen molar-refractivity contribution in [1.29, 1.82) is 0 Å². The molecule has 3 aromatic rings. The van der Waals surface area contributed by atoms with Crippen molar-refractivity contribution >= 4 is 24.4 Å². The molecule has 1 aliphatic heterocycles. The van der Waals surface area contributed by atoms with Gasteiger partial charge < -0.3 is 27.5 Å². The molecule has 39 heavy (non-hydrogen) atoms. The average molecular weight is 559 g/mol. The number of fused-ring (bicyclic) bond motifs is 3. The van der Waals surface area contributed by atoms with Crippen LogP contribution in [0.25, 0.3) is 21.6 Å². The van der Waals surface area contributed by atoms with E-state index in [1.165, 1.54) is 12.1 Å². The molecule has 0 atom stereocenters. The third kappa shape index (κ3) is 6.48. The van der Waals surface area contributed by atoms with E-state index in [9.17, 15) is 17.7 Å². The second-order valence-electron chi connectivity index (χ2n) is 9.64. The summed E-state index contributed by atoms with van der Waals surface area (Å²) in [6, 6.07) is 19.1. The van der Waals surface area contributed by atoms with Crippen LogP contribution in [0.2, 0.25) is 0 Å². The van der Waals surface area contributed by atoms with E-state index >= 15 is 0 Å². The predicted octanol–water partition coefficient (Wildman–Crippen LogP) is 3.94. The molecule has 1 amide bonds. The number of anilines is 1. The summed E-state index contributed by atoms with van der Waals surface area (Å²) >= 11 is 0. The first-order valence-corrected chi connectivity index (χ1v) is 12.5. The average Bonchev–Trinajstić information content (AvgIpc) is 3.22. The van der Waals surface area contributed by atoms with Crippen molar-refractivity contribution in [2.24, 2.45) is 5.11 Å². The van der Waals surface area contributed by atoms with Gasteiger partial charge in [-0.3, -0.25) is 0 Å². The van der Waals surface area contributed by atoms with Crippen molar-refractivity contribution in [3.63, 3.8) is 0 Å². The van der Waals surface area contributed by atoms with Gasteiger partial charge in [0.05, 0.1) is 0 Å². The first kappa shape index (κ1) is 29.5.